The maximum atomic E-state index is 12.4. The third kappa shape index (κ3) is 10.6. The molecule has 0 fully saturated rings. The Kier molecular flexibility index (Phi) is 11.5. The normalized spacial score (nSPS) is 13.0. The molecule has 0 saturated carbocycles. The molecule has 2 N–H and O–H groups in total. The van der Waals surface area contributed by atoms with Crippen LogP contribution in [0.2, 0.25) is 0 Å². The second kappa shape index (κ2) is 11.9. The molecule has 6 heteroatoms. The average Bonchev–Trinajstić information content (AvgIpc) is 2.42. The van der Waals surface area contributed by atoms with Crippen LogP contribution in [0, 0.1) is 0 Å². The van der Waals surface area contributed by atoms with E-state index < -0.39 is 0 Å². The van der Waals surface area contributed by atoms with Crippen molar-refractivity contribution < 1.29 is 9.53 Å². The van der Waals surface area contributed by atoms with Crippen molar-refractivity contribution in [2.24, 2.45) is 5.73 Å². The van der Waals surface area contributed by atoms with E-state index in [0.29, 0.717) is 13.0 Å². The lowest BCUT2D eigenvalue weighted by molar-refractivity contribution is -0.133. The van der Waals surface area contributed by atoms with E-state index in [1.165, 1.54) is 0 Å². The summed E-state index contributed by atoms with van der Waals surface area (Å²) in [6, 6.07) is 0. The lowest BCUT2D eigenvalue weighted by atomic mass is 10.2. The number of rotatable bonds is 12. The lowest BCUT2D eigenvalue weighted by Crippen LogP contribution is -2.38. The van der Waals surface area contributed by atoms with Crippen molar-refractivity contribution in [2.45, 2.75) is 25.4 Å². The molecule has 0 aliphatic carbocycles. The highest BCUT2D eigenvalue weighted by Crippen LogP contribution is 2.04. The Labute approximate surface area is 130 Å². The van der Waals surface area contributed by atoms with Gasteiger partial charge >= 0.3 is 0 Å². The van der Waals surface area contributed by atoms with E-state index in [-0.39, 0.29) is 12.0 Å². The van der Waals surface area contributed by atoms with Crippen molar-refractivity contribution in [1.82, 2.24) is 14.7 Å². The zero-order valence-corrected chi connectivity index (χ0v) is 14.5. The van der Waals surface area contributed by atoms with Crippen LogP contribution < -0.4 is 5.73 Å². The summed E-state index contributed by atoms with van der Waals surface area (Å²) in [6.07, 6.45) is 2.17. The van der Waals surface area contributed by atoms with Crippen molar-refractivity contribution in [3.8, 4) is 0 Å². The van der Waals surface area contributed by atoms with Gasteiger partial charge in [-0.3, -0.25) is 4.79 Å². The van der Waals surface area contributed by atoms with E-state index in [0.717, 1.165) is 39.0 Å². The molecule has 1 unspecified atom stereocenters. The SMILES string of the molecule is COC(CN)CC(=O)N(CCCN(C)C)CCCN(C)C. The summed E-state index contributed by atoms with van der Waals surface area (Å²) in [7, 11) is 9.80. The van der Waals surface area contributed by atoms with E-state index in [1.807, 2.05) is 33.1 Å². The van der Waals surface area contributed by atoms with Crippen LogP contribution in [0.5, 0.6) is 0 Å². The highest BCUT2D eigenvalue weighted by Gasteiger charge is 2.18. The maximum Gasteiger partial charge on any atom is 0.225 e. The van der Waals surface area contributed by atoms with E-state index >= 15 is 0 Å². The number of carbonyl (C=O) groups excluding carboxylic acids is 1. The third-order valence-electron chi connectivity index (χ3n) is 3.42. The molecule has 0 spiro atoms. The first kappa shape index (κ1) is 20.3. The van der Waals surface area contributed by atoms with Gasteiger partial charge in [-0.25, -0.2) is 0 Å². The first-order valence-corrected chi connectivity index (χ1v) is 7.70. The second-order valence-corrected chi connectivity index (χ2v) is 5.99. The fraction of sp³-hybridized carbons (Fsp3) is 0.933. The van der Waals surface area contributed by atoms with Gasteiger partial charge in [0, 0.05) is 26.7 Å². The van der Waals surface area contributed by atoms with Gasteiger partial charge in [0.05, 0.1) is 12.5 Å². The number of hydrogen-bond donors (Lipinski definition) is 1. The predicted octanol–water partition coefficient (Wildman–Crippen LogP) is 0.0822. The van der Waals surface area contributed by atoms with E-state index in [9.17, 15) is 4.79 Å². The van der Waals surface area contributed by atoms with Crippen LogP contribution in [0.1, 0.15) is 19.3 Å². The largest absolute Gasteiger partial charge is 0.380 e. The van der Waals surface area contributed by atoms with E-state index in [4.69, 9.17) is 10.5 Å². The zero-order chi connectivity index (χ0) is 16.3. The Balaban J connectivity index is 4.35. The Bertz CT molecular complexity index is 254. The number of hydrogen-bond acceptors (Lipinski definition) is 5. The van der Waals surface area contributed by atoms with Crippen LogP contribution in [-0.2, 0) is 9.53 Å². The predicted molar refractivity (Wildman–Crippen MR) is 87.4 cm³/mol. The minimum atomic E-state index is -0.178. The Morgan fingerprint density at radius 2 is 1.48 bits per heavy atom. The van der Waals surface area contributed by atoms with Gasteiger partial charge in [-0.2, -0.15) is 0 Å². The monoisotopic (exact) mass is 302 g/mol. The van der Waals surface area contributed by atoms with Crippen molar-refractivity contribution in [1.29, 1.82) is 0 Å². The third-order valence-corrected chi connectivity index (χ3v) is 3.42. The summed E-state index contributed by atoms with van der Waals surface area (Å²) in [4.78, 5) is 18.6. The van der Waals surface area contributed by atoms with Crippen LogP contribution in [0.4, 0.5) is 0 Å². The zero-order valence-electron chi connectivity index (χ0n) is 14.5. The van der Waals surface area contributed by atoms with Gasteiger partial charge < -0.3 is 25.2 Å². The molecular formula is C15H34N4O2. The van der Waals surface area contributed by atoms with E-state index in [2.05, 4.69) is 9.80 Å². The van der Waals surface area contributed by atoms with Gasteiger partial charge in [0.2, 0.25) is 5.91 Å². The molecule has 21 heavy (non-hydrogen) atoms. The molecule has 126 valence electrons. The Morgan fingerprint density at radius 3 is 1.81 bits per heavy atom. The van der Waals surface area contributed by atoms with Crippen molar-refractivity contribution >= 4 is 5.91 Å². The van der Waals surface area contributed by atoms with Crippen LogP contribution >= 0.6 is 0 Å². The molecule has 0 rings (SSSR count). The van der Waals surface area contributed by atoms with Gasteiger partial charge in [0.25, 0.3) is 0 Å². The highest BCUT2D eigenvalue weighted by atomic mass is 16.5. The quantitative estimate of drug-likeness (QED) is 0.553. The first-order chi connectivity index (χ1) is 9.90. The van der Waals surface area contributed by atoms with Gasteiger partial charge in [0.1, 0.15) is 0 Å². The minimum Gasteiger partial charge on any atom is -0.380 e. The number of ether oxygens (including phenoxy) is 1. The number of methoxy groups -OCH3 is 1. The second-order valence-electron chi connectivity index (χ2n) is 5.99. The van der Waals surface area contributed by atoms with Crippen LogP contribution in [-0.4, -0.2) is 94.7 Å². The molecule has 0 aliphatic heterocycles. The van der Waals surface area contributed by atoms with Crippen molar-refractivity contribution in [2.75, 3.05) is 68.0 Å². The van der Waals surface area contributed by atoms with Gasteiger partial charge in [0.15, 0.2) is 0 Å². The van der Waals surface area contributed by atoms with Gasteiger partial charge in [-0.15, -0.1) is 0 Å². The molecule has 0 aromatic heterocycles. The summed E-state index contributed by atoms with van der Waals surface area (Å²) in [6.45, 7) is 3.95. The average molecular weight is 302 g/mol. The summed E-state index contributed by atoms with van der Waals surface area (Å²) in [5.41, 5.74) is 5.60. The number of nitrogens with two attached hydrogens (primary N) is 1. The topological polar surface area (TPSA) is 62.0 Å². The van der Waals surface area contributed by atoms with Gasteiger partial charge in [-0.05, 0) is 54.1 Å². The molecule has 0 aliphatic rings. The summed E-state index contributed by atoms with van der Waals surface area (Å²) in [5.74, 6) is 0.143. The van der Waals surface area contributed by atoms with Crippen LogP contribution in [0.15, 0.2) is 0 Å². The summed E-state index contributed by atoms with van der Waals surface area (Å²) >= 11 is 0. The first-order valence-electron chi connectivity index (χ1n) is 7.70. The molecule has 0 saturated heterocycles. The molecular weight excluding hydrogens is 268 g/mol. The fourth-order valence-electron chi connectivity index (χ4n) is 2.10. The summed E-state index contributed by atoms with van der Waals surface area (Å²) in [5, 5.41) is 0. The Morgan fingerprint density at radius 1 is 1.00 bits per heavy atom. The summed E-state index contributed by atoms with van der Waals surface area (Å²) < 4.78 is 5.22. The minimum absolute atomic E-state index is 0.143. The number of nitrogens with zero attached hydrogens (tertiary/aromatic N) is 3. The van der Waals surface area contributed by atoms with E-state index in [1.54, 1.807) is 7.11 Å². The molecule has 1 atom stereocenters. The Hall–Kier alpha value is -0.690. The van der Waals surface area contributed by atoms with Crippen molar-refractivity contribution in [3.63, 3.8) is 0 Å². The maximum absolute atomic E-state index is 12.4. The van der Waals surface area contributed by atoms with Gasteiger partial charge in [-0.1, -0.05) is 0 Å². The number of amides is 1. The lowest BCUT2D eigenvalue weighted by Gasteiger charge is -2.26. The van der Waals surface area contributed by atoms with Crippen LogP contribution in [0.25, 0.3) is 0 Å². The standard InChI is InChI=1S/C15H34N4O2/c1-17(2)8-6-10-19(11-7-9-18(3)4)15(20)12-14(13-16)21-5/h14H,6-13,16H2,1-5H3. The van der Waals surface area contributed by atoms with Crippen molar-refractivity contribution in [3.05, 3.63) is 0 Å². The molecule has 0 aromatic carbocycles. The van der Waals surface area contributed by atoms with Crippen LogP contribution in [0.3, 0.4) is 0 Å². The fourth-order valence-corrected chi connectivity index (χ4v) is 2.10. The molecule has 0 aromatic rings. The smallest absolute Gasteiger partial charge is 0.225 e. The molecule has 0 heterocycles. The number of carbonyl (C=O) groups is 1. The molecule has 0 radical (unpaired) electrons. The molecule has 1 amide bonds. The molecule has 0 bridgehead atoms. The highest BCUT2D eigenvalue weighted by molar-refractivity contribution is 5.76. The molecule has 6 nitrogen and oxygen atoms in total.